The summed E-state index contributed by atoms with van der Waals surface area (Å²) in [6.45, 7) is 4.69. The molecule has 108 valence electrons. The smallest absolute Gasteiger partial charge is 0.317 e. The molecule has 0 saturated carbocycles. The van der Waals surface area contributed by atoms with Crippen molar-refractivity contribution in [3.8, 4) is 0 Å². The van der Waals surface area contributed by atoms with Crippen molar-refractivity contribution in [3.05, 3.63) is 27.1 Å². The number of carboxylic acids is 1. The topological polar surface area (TPSA) is 87.8 Å². The second-order valence-electron chi connectivity index (χ2n) is 4.33. The van der Waals surface area contributed by atoms with Crippen LogP contribution in [0.2, 0.25) is 0 Å². The Morgan fingerprint density at radius 1 is 1.50 bits per heavy atom. The number of likely N-dealkylation sites (N-methyl/N-ethyl adjacent to an activating group) is 1. The van der Waals surface area contributed by atoms with E-state index in [1.54, 1.807) is 4.90 Å². The zero-order valence-corrected chi connectivity index (χ0v) is 12.2. The molecule has 1 N–H and O–H groups in total. The summed E-state index contributed by atoms with van der Waals surface area (Å²) in [7, 11) is 0. The van der Waals surface area contributed by atoms with Crippen LogP contribution in [0, 0.1) is 0 Å². The fourth-order valence-corrected chi connectivity index (χ4v) is 2.68. The normalized spacial score (nSPS) is 11.3. The molecule has 0 fully saturated rings. The third kappa shape index (κ3) is 3.20. The number of hydrogen-bond acceptors (Lipinski definition) is 6. The summed E-state index contributed by atoms with van der Waals surface area (Å²) < 4.78 is 1.29. The number of hydrogen-bond donors (Lipinski definition) is 1. The molecule has 0 amide bonds. The number of aliphatic carboxylic acids is 1. The molecular formula is C12H16N4O3S. The molecule has 0 aliphatic carbocycles. The first-order chi connectivity index (χ1) is 9.53. The third-order valence-corrected chi connectivity index (χ3v) is 3.89. The highest BCUT2D eigenvalue weighted by atomic mass is 32.1. The molecule has 2 heterocycles. The van der Waals surface area contributed by atoms with Crippen LogP contribution in [-0.4, -0.2) is 43.7 Å². The monoisotopic (exact) mass is 296 g/mol. The molecule has 0 atom stereocenters. The summed E-state index contributed by atoms with van der Waals surface area (Å²) in [6, 6.07) is 1.41. The van der Waals surface area contributed by atoms with Gasteiger partial charge >= 0.3 is 5.97 Å². The van der Waals surface area contributed by atoms with Gasteiger partial charge in [0.05, 0.1) is 12.2 Å². The minimum Gasteiger partial charge on any atom is -0.480 e. The molecule has 0 spiro atoms. The minimum absolute atomic E-state index is 0.0690. The largest absolute Gasteiger partial charge is 0.480 e. The van der Waals surface area contributed by atoms with Gasteiger partial charge in [-0.25, -0.2) is 4.98 Å². The fourth-order valence-electron chi connectivity index (χ4n) is 1.82. The average molecular weight is 296 g/mol. The Labute approximate surface area is 119 Å². The molecule has 0 unspecified atom stereocenters. The van der Waals surface area contributed by atoms with Gasteiger partial charge in [-0.15, -0.1) is 0 Å². The van der Waals surface area contributed by atoms with E-state index in [9.17, 15) is 9.59 Å². The van der Waals surface area contributed by atoms with Crippen LogP contribution in [0.4, 0.5) is 0 Å². The first-order valence-corrected chi connectivity index (χ1v) is 7.18. The number of carboxylic acid groups (broad SMARTS) is 1. The predicted octanol–water partition coefficient (Wildman–Crippen LogP) is 0.620. The van der Waals surface area contributed by atoms with Gasteiger partial charge in [-0.05, 0) is 13.0 Å². The second kappa shape index (κ2) is 6.10. The molecule has 2 aromatic heterocycles. The summed E-state index contributed by atoms with van der Waals surface area (Å²) in [5, 5.41) is 13.8. The van der Waals surface area contributed by atoms with Crippen LogP contribution in [0.15, 0.2) is 10.9 Å². The maximum atomic E-state index is 12.0. The molecule has 0 saturated heterocycles. The van der Waals surface area contributed by atoms with E-state index in [-0.39, 0.29) is 12.1 Å². The van der Waals surface area contributed by atoms with Crippen LogP contribution in [-0.2, 0) is 17.8 Å². The number of nitrogens with zero attached hydrogens (tertiary/aromatic N) is 4. The van der Waals surface area contributed by atoms with E-state index in [4.69, 9.17) is 5.11 Å². The lowest BCUT2D eigenvalue weighted by atomic mass is 10.3. The third-order valence-electron chi connectivity index (χ3n) is 2.83. The van der Waals surface area contributed by atoms with Crippen LogP contribution in [0.5, 0.6) is 0 Å². The molecule has 0 aliphatic rings. The Bertz CT molecular complexity index is 679. The van der Waals surface area contributed by atoms with Gasteiger partial charge in [-0.2, -0.15) is 9.61 Å². The molecule has 7 nitrogen and oxygen atoms in total. The number of carbonyl (C=O) groups is 1. The zero-order valence-electron chi connectivity index (χ0n) is 11.4. The van der Waals surface area contributed by atoms with Crippen LogP contribution in [0.1, 0.15) is 24.5 Å². The molecule has 8 heteroatoms. The van der Waals surface area contributed by atoms with E-state index in [2.05, 4.69) is 10.1 Å². The molecule has 0 aromatic carbocycles. The van der Waals surface area contributed by atoms with Crippen molar-refractivity contribution in [3.63, 3.8) is 0 Å². The zero-order chi connectivity index (χ0) is 14.7. The number of aryl methyl sites for hydroxylation is 1. The Morgan fingerprint density at radius 3 is 2.85 bits per heavy atom. The first-order valence-electron chi connectivity index (χ1n) is 6.36. The summed E-state index contributed by atoms with van der Waals surface area (Å²) in [5.41, 5.74) is 0.344. The van der Waals surface area contributed by atoms with Gasteiger partial charge in [-0.1, -0.05) is 25.2 Å². The van der Waals surface area contributed by atoms with Crippen molar-refractivity contribution in [1.29, 1.82) is 0 Å². The molecule has 2 aromatic rings. The van der Waals surface area contributed by atoms with Gasteiger partial charge in [0.15, 0.2) is 0 Å². The lowest BCUT2D eigenvalue weighted by Crippen LogP contribution is -2.30. The first kappa shape index (κ1) is 14.6. The molecule has 2 rings (SSSR count). The molecule has 0 bridgehead atoms. The van der Waals surface area contributed by atoms with E-state index in [0.29, 0.717) is 23.7 Å². The lowest BCUT2D eigenvalue weighted by molar-refractivity contribution is -0.138. The summed E-state index contributed by atoms with van der Waals surface area (Å²) in [5.74, 6) is -0.893. The Morgan fingerprint density at radius 2 is 2.25 bits per heavy atom. The maximum Gasteiger partial charge on any atom is 0.317 e. The summed E-state index contributed by atoms with van der Waals surface area (Å²) >= 11 is 1.38. The minimum atomic E-state index is -0.893. The Balaban J connectivity index is 2.30. The van der Waals surface area contributed by atoms with Crippen LogP contribution < -0.4 is 5.56 Å². The van der Waals surface area contributed by atoms with Gasteiger partial charge in [0.25, 0.3) is 5.56 Å². The quantitative estimate of drug-likeness (QED) is 0.840. The van der Waals surface area contributed by atoms with Crippen molar-refractivity contribution in [2.24, 2.45) is 0 Å². The van der Waals surface area contributed by atoms with Crippen LogP contribution in [0.3, 0.4) is 0 Å². The standard InChI is InChI=1S/C12H16N4O3S/c1-3-9-14-16-10(17)5-8(13-12(16)20-9)6-15(4-2)7-11(18)19/h5H,3-4,6-7H2,1-2H3,(H,18,19). The van der Waals surface area contributed by atoms with Gasteiger partial charge < -0.3 is 5.11 Å². The van der Waals surface area contributed by atoms with E-state index in [1.807, 2.05) is 13.8 Å². The Hall–Kier alpha value is -1.80. The maximum absolute atomic E-state index is 12.0. The molecule has 0 radical (unpaired) electrons. The second-order valence-corrected chi connectivity index (χ2v) is 5.37. The predicted molar refractivity (Wildman–Crippen MR) is 75.1 cm³/mol. The summed E-state index contributed by atoms with van der Waals surface area (Å²) in [4.78, 5) is 29.3. The van der Waals surface area contributed by atoms with Gasteiger partial charge in [0, 0.05) is 12.6 Å². The van der Waals surface area contributed by atoms with Crippen LogP contribution >= 0.6 is 11.3 Å². The van der Waals surface area contributed by atoms with E-state index < -0.39 is 5.97 Å². The number of rotatable bonds is 6. The average Bonchev–Trinajstić information content (AvgIpc) is 2.81. The highest BCUT2D eigenvalue weighted by Crippen LogP contribution is 2.12. The van der Waals surface area contributed by atoms with Gasteiger partial charge in [0.2, 0.25) is 4.96 Å². The number of fused-ring (bicyclic) bond motifs is 1. The number of aromatic nitrogens is 3. The Kier molecular flexibility index (Phi) is 4.46. The van der Waals surface area contributed by atoms with Crippen molar-refractivity contribution in [1.82, 2.24) is 19.5 Å². The molecule has 20 heavy (non-hydrogen) atoms. The van der Waals surface area contributed by atoms with Crippen molar-refractivity contribution in [2.75, 3.05) is 13.1 Å². The van der Waals surface area contributed by atoms with E-state index >= 15 is 0 Å². The molecule has 0 aliphatic heterocycles. The summed E-state index contributed by atoms with van der Waals surface area (Å²) in [6.07, 6.45) is 0.753. The highest BCUT2D eigenvalue weighted by Gasteiger charge is 2.12. The fraction of sp³-hybridized carbons (Fsp3) is 0.500. The highest BCUT2D eigenvalue weighted by molar-refractivity contribution is 7.16. The van der Waals surface area contributed by atoms with Crippen molar-refractivity contribution >= 4 is 22.3 Å². The van der Waals surface area contributed by atoms with Crippen molar-refractivity contribution < 1.29 is 9.90 Å². The van der Waals surface area contributed by atoms with E-state index in [1.165, 1.54) is 21.9 Å². The van der Waals surface area contributed by atoms with Gasteiger partial charge in [-0.3, -0.25) is 14.5 Å². The molecular weight excluding hydrogens is 280 g/mol. The lowest BCUT2D eigenvalue weighted by Gasteiger charge is -2.16. The van der Waals surface area contributed by atoms with Crippen molar-refractivity contribution in [2.45, 2.75) is 26.8 Å². The van der Waals surface area contributed by atoms with E-state index in [0.717, 1.165) is 11.4 Å². The van der Waals surface area contributed by atoms with Gasteiger partial charge in [0.1, 0.15) is 5.01 Å². The SMILES string of the molecule is CCc1nn2c(=O)cc(CN(CC)CC(=O)O)nc2s1. The van der Waals surface area contributed by atoms with Crippen LogP contribution in [0.25, 0.3) is 4.96 Å².